The van der Waals surface area contributed by atoms with Gasteiger partial charge < -0.3 is 21.1 Å². The van der Waals surface area contributed by atoms with Crippen molar-refractivity contribution in [3.63, 3.8) is 0 Å². The number of hydrogen-bond acceptors (Lipinski definition) is 4. The molecule has 1 aliphatic heterocycles. The smallest absolute Gasteiger partial charge is 0.242 e. The van der Waals surface area contributed by atoms with E-state index < -0.39 is 0 Å². The van der Waals surface area contributed by atoms with Crippen LogP contribution < -0.4 is 16.4 Å². The quantitative estimate of drug-likeness (QED) is 0.243. The molecule has 1 heterocycles. The minimum absolute atomic E-state index is 0. The molecule has 0 aliphatic carbocycles. The number of nitrogens with one attached hydrogen (secondary N) is 2. The van der Waals surface area contributed by atoms with Crippen molar-refractivity contribution in [1.29, 1.82) is 0 Å². The van der Waals surface area contributed by atoms with Crippen molar-refractivity contribution < 1.29 is 9.53 Å². The van der Waals surface area contributed by atoms with Gasteiger partial charge in [-0.3, -0.25) is 9.69 Å². The Bertz CT molecular complexity index is 352. The van der Waals surface area contributed by atoms with Crippen LogP contribution in [0.2, 0.25) is 0 Å². The Labute approximate surface area is 150 Å². The predicted molar refractivity (Wildman–Crippen MR) is 99.7 cm³/mol. The number of nitrogens with two attached hydrogens (primary N) is 1. The van der Waals surface area contributed by atoms with Crippen LogP contribution in [0, 0.1) is 0 Å². The number of halogens is 1. The maximum Gasteiger partial charge on any atom is 0.242 e. The lowest BCUT2D eigenvalue weighted by Gasteiger charge is -2.26. The fourth-order valence-electron chi connectivity index (χ4n) is 2.01. The molecule has 8 heteroatoms. The fraction of sp³-hybridized carbons (Fsp3) is 0.857. The van der Waals surface area contributed by atoms with Crippen molar-refractivity contribution in [2.45, 2.75) is 32.7 Å². The minimum Gasteiger partial charge on any atom is -0.379 e. The Balaban J connectivity index is 0.00000441. The third-order valence-corrected chi connectivity index (χ3v) is 2.97. The average Bonchev–Trinajstić information content (AvgIpc) is 2.41. The summed E-state index contributed by atoms with van der Waals surface area (Å²) in [6.45, 7) is 11.3. The second-order valence-corrected chi connectivity index (χ2v) is 6.23. The lowest BCUT2D eigenvalue weighted by Crippen LogP contribution is -2.42. The number of carbonyl (C=O) groups excluding carboxylic acids is 1. The van der Waals surface area contributed by atoms with E-state index in [1.54, 1.807) is 0 Å². The molecule has 1 rings (SSSR count). The lowest BCUT2D eigenvalue weighted by molar-refractivity contribution is -0.121. The molecule has 0 saturated carbocycles. The van der Waals surface area contributed by atoms with Gasteiger partial charge in [-0.05, 0) is 33.7 Å². The number of hydrogen-bond donors (Lipinski definition) is 3. The van der Waals surface area contributed by atoms with E-state index >= 15 is 0 Å². The molecule has 1 aliphatic rings. The zero-order chi connectivity index (χ0) is 15.7. The van der Waals surface area contributed by atoms with E-state index in [1.165, 1.54) is 0 Å². The highest BCUT2D eigenvalue weighted by Gasteiger charge is 2.13. The number of guanidine groups is 1. The molecule has 1 saturated heterocycles. The van der Waals surface area contributed by atoms with Crippen LogP contribution >= 0.6 is 24.0 Å². The van der Waals surface area contributed by atoms with E-state index in [4.69, 9.17) is 10.5 Å². The van der Waals surface area contributed by atoms with Crippen LogP contribution in [0.1, 0.15) is 27.2 Å². The van der Waals surface area contributed by atoms with Gasteiger partial charge in [0.15, 0.2) is 5.96 Å². The molecule has 0 radical (unpaired) electrons. The van der Waals surface area contributed by atoms with Crippen molar-refractivity contribution in [1.82, 2.24) is 15.5 Å². The summed E-state index contributed by atoms with van der Waals surface area (Å²) in [5.41, 5.74) is 5.49. The molecule has 0 unspecified atom stereocenters. The molecule has 0 aromatic heterocycles. The van der Waals surface area contributed by atoms with Crippen molar-refractivity contribution >= 4 is 35.8 Å². The summed E-state index contributed by atoms with van der Waals surface area (Å²) >= 11 is 0. The maximum absolute atomic E-state index is 11.6. The van der Waals surface area contributed by atoms with Gasteiger partial charge in [0, 0.05) is 25.2 Å². The summed E-state index contributed by atoms with van der Waals surface area (Å²) in [5.74, 6) is 0.196. The van der Waals surface area contributed by atoms with E-state index in [-0.39, 0.29) is 42.0 Å². The summed E-state index contributed by atoms with van der Waals surface area (Å²) < 4.78 is 5.30. The first-order valence-corrected chi connectivity index (χ1v) is 7.52. The van der Waals surface area contributed by atoms with Crippen LogP contribution in [0.4, 0.5) is 0 Å². The second kappa shape index (κ2) is 11.0. The molecule has 0 atom stereocenters. The summed E-state index contributed by atoms with van der Waals surface area (Å²) in [6.07, 6.45) is 0.990. The Morgan fingerprint density at radius 3 is 2.55 bits per heavy atom. The summed E-state index contributed by atoms with van der Waals surface area (Å²) in [7, 11) is 0. The molecular formula is C14H30IN5O2. The first-order valence-electron chi connectivity index (χ1n) is 7.52. The van der Waals surface area contributed by atoms with Crippen molar-refractivity contribution in [2.75, 3.05) is 45.9 Å². The van der Waals surface area contributed by atoms with Gasteiger partial charge in [0.05, 0.1) is 13.2 Å². The fourth-order valence-corrected chi connectivity index (χ4v) is 2.01. The summed E-state index contributed by atoms with van der Waals surface area (Å²) in [4.78, 5) is 18.0. The number of amides is 1. The highest BCUT2D eigenvalue weighted by atomic mass is 127. The predicted octanol–water partition coefficient (Wildman–Crippen LogP) is 0.146. The van der Waals surface area contributed by atoms with Gasteiger partial charge >= 0.3 is 0 Å². The van der Waals surface area contributed by atoms with Crippen LogP contribution in [0.3, 0.4) is 0 Å². The first-order chi connectivity index (χ1) is 9.87. The zero-order valence-corrected chi connectivity index (χ0v) is 16.2. The number of rotatable bonds is 6. The monoisotopic (exact) mass is 427 g/mol. The molecule has 22 heavy (non-hydrogen) atoms. The van der Waals surface area contributed by atoms with E-state index in [9.17, 15) is 4.79 Å². The molecule has 1 amide bonds. The molecule has 4 N–H and O–H groups in total. The highest BCUT2D eigenvalue weighted by molar-refractivity contribution is 14.0. The highest BCUT2D eigenvalue weighted by Crippen LogP contribution is 1.98. The largest absolute Gasteiger partial charge is 0.379 e. The van der Waals surface area contributed by atoms with Crippen molar-refractivity contribution in [3.8, 4) is 0 Å². The van der Waals surface area contributed by atoms with Crippen molar-refractivity contribution in [2.24, 2.45) is 10.7 Å². The van der Waals surface area contributed by atoms with Gasteiger partial charge in [0.2, 0.25) is 5.91 Å². The van der Waals surface area contributed by atoms with E-state index in [0.29, 0.717) is 5.96 Å². The average molecular weight is 427 g/mol. The van der Waals surface area contributed by atoms with Gasteiger partial charge in [-0.25, -0.2) is 4.99 Å². The molecule has 0 aromatic carbocycles. The second-order valence-electron chi connectivity index (χ2n) is 6.23. The normalized spacial score (nSPS) is 16.8. The molecule has 0 aromatic rings. The Morgan fingerprint density at radius 2 is 1.95 bits per heavy atom. The Hall–Kier alpha value is -0.610. The van der Waals surface area contributed by atoms with E-state index in [2.05, 4.69) is 20.5 Å². The molecular weight excluding hydrogens is 397 g/mol. The van der Waals surface area contributed by atoms with Gasteiger partial charge in [-0.2, -0.15) is 0 Å². The number of aliphatic imine (C=N–C) groups is 1. The number of morpholine rings is 1. The SMILES string of the molecule is CC(C)(C)NC(=O)CN=C(N)NCCCN1CCOCC1.I. The molecule has 0 bridgehead atoms. The third kappa shape index (κ3) is 11.0. The maximum atomic E-state index is 11.6. The van der Waals surface area contributed by atoms with E-state index in [1.807, 2.05) is 20.8 Å². The number of carbonyl (C=O) groups is 1. The van der Waals surface area contributed by atoms with Crippen LogP contribution in [0.15, 0.2) is 4.99 Å². The van der Waals surface area contributed by atoms with Crippen LogP contribution in [-0.2, 0) is 9.53 Å². The first kappa shape index (κ1) is 21.4. The molecule has 1 fully saturated rings. The molecule has 0 spiro atoms. The van der Waals surface area contributed by atoms with Crippen LogP contribution in [-0.4, -0.2) is 68.2 Å². The number of ether oxygens (including phenoxy) is 1. The van der Waals surface area contributed by atoms with Gasteiger partial charge in [-0.1, -0.05) is 0 Å². The third-order valence-electron chi connectivity index (χ3n) is 2.97. The van der Waals surface area contributed by atoms with Gasteiger partial charge in [0.25, 0.3) is 0 Å². The summed E-state index contributed by atoms with van der Waals surface area (Å²) in [5, 5.41) is 5.87. The molecule has 130 valence electrons. The van der Waals surface area contributed by atoms with Crippen LogP contribution in [0.25, 0.3) is 0 Å². The molecule has 7 nitrogen and oxygen atoms in total. The Kier molecular flexibility index (Phi) is 10.7. The van der Waals surface area contributed by atoms with Crippen molar-refractivity contribution in [3.05, 3.63) is 0 Å². The zero-order valence-electron chi connectivity index (χ0n) is 13.9. The van der Waals surface area contributed by atoms with Gasteiger partial charge in [0.1, 0.15) is 6.54 Å². The van der Waals surface area contributed by atoms with E-state index in [0.717, 1.165) is 45.8 Å². The lowest BCUT2D eigenvalue weighted by atomic mass is 10.1. The topological polar surface area (TPSA) is 92.0 Å². The van der Waals surface area contributed by atoms with Crippen LogP contribution in [0.5, 0.6) is 0 Å². The number of nitrogens with zero attached hydrogens (tertiary/aromatic N) is 2. The standard InChI is InChI=1S/C14H29N5O2.HI/c1-14(2,3)18-12(20)11-17-13(15)16-5-4-6-19-7-9-21-10-8-19;/h4-11H2,1-3H3,(H,18,20)(H3,15,16,17);1H. The summed E-state index contributed by atoms with van der Waals surface area (Å²) in [6, 6.07) is 0. The Morgan fingerprint density at radius 1 is 1.32 bits per heavy atom. The minimum atomic E-state index is -0.243. The van der Waals surface area contributed by atoms with Gasteiger partial charge in [-0.15, -0.1) is 24.0 Å².